The summed E-state index contributed by atoms with van der Waals surface area (Å²) in [5.41, 5.74) is 6.47. The highest BCUT2D eigenvalue weighted by Gasteiger charge is 2.45. The second-order valence-corrected chi connectivity index (χ2v) is 13.4. The third-order valence-corrected chi connectivity index (χ3v) is 10.6. The van der Waals surface area contributed by atoms with Gasteiger partial charge >= 0.3 is 0 Å². The van der Waals surface area contributed by atoms with Gasteiger partial charge < -0.3 is 5.32 Å². The Hall–Kier alpha value is -3.12. The molecule has 202 valence electrons. The lowest BCUT2D eigenvalue weighted by atomic mass is 9.79. The number of anilines is 1. The number of fused-ring (bicyclic) bond motifs is 3. The molecular formula is C35H35N2S3+. The smallest absolute Gasteiger partial charge is 0.210 e. The highest BCUT2D eigenvalue weighted by Crippen LogP contribution is 2.45. The normalized spacial score (nSPS) is 14.4. The van der Waals surface area contributed by atoms with Gasteiger partial charge in [0.1, 0.15) is 6.54 Å². The Kier molecular flexibility index (Phi) is 7.71. The zero-order valence-electron chi connectivity index (χ0n) is 23.3. The second-order valence-electron chi connectivity index (χ2n) is 10.8. The molecule has 0 amide bonds. The summed E-state index contributed by atoms with van der Waals surface area (Å²) in [6.45, 7) is 5.78. The largest absolute Gasteiger partial charge is 0.388 e. The zero-order chi connectivity index (χ0) is 27.7. The predicted molar refractivity (Wildman–Crippen MR) is 182 cm³/mol. The molecule has 1 aliphatic heterocycles. The first kappa shape index (κ1) is 27.1. The molecule has 0 radical (unpaired) electrons. The molecule has 0 saturated heterocycles. The van der Waals surface area contributed by atoms with Crippen molar-refractivity contribution in [1.82, 2.24) is 0 Å². The summed E-state index contributed by atoms with van der Waals surface area (Å²) in [6, 6.07) is 31.1. The van der Waals surface area contributed by atoms with Crippen LogP contribution >= 0.6 is 35.3 Å². The fourth-order valence-corrected chi connectivity index (χ4v) is 8.06. The summed E-state index contributed by atoms with van der Waals surface area (Å²) in [4.78, 5) is 5.22. The number of thiol groups is 1. The molecule has 1 aliphatic rings. The number of hydrogen-bond donors (Lipinski definition) is 2. The number of nitrogens with one attached hydrogen (secondary N) is 1. The van der Waals surface area contributed by atoms with Gasteiger partial charge in [0.2, 0.25) is 5.69 Å². The van der Waals surface area contributed by atoms with Gasteiger partial charge in [-0.05, 0) is 90.9 Å². The molecule has 0 aliphatic carbocycles. The molecule has 6 rings (SSSR count). The number of benzene rings is 3. The summed E-state index contributed by atoms with van der Waals surface area (Å²) < 4.78 is 2.56. The van der Waals surface area contributed by atoms with E-state index in [0.717, 1.165) is 30.8 Å². The summed E-state index contributed by atoms with van der Waals surface area (Å²) >= 11 is 8.19. The van der Waals surface area contributed by atoms with Gasteiger partial charge in [0, 0.05) is 56.4 Å². The van der Waals surface area contributed by atoms with E-state index in [1.807, 2.05) is 29.7 Å². The van der Waals surface area contributed by atoms with Gasteiger partial charge in [-0.2, -0.15) is 17.2 Å². The van der Waals surface area contributed by atoms with Crippen LogP contribution in [-0.2, 0) is 5.41 Å². The van der Waals surface area contributed by atoms with Crippen LogP contribution < -0.4 is 5.32 Å². The van der Waals surface area contributed by atoms with Crippen molar-refractivity contribution in [2.75, 3.05) is 24.7 Å². The molecule has 0 fully saturated rings. The lowest BCUT2D eigenvalue weighted by Crippen LogP contribution is -2.28. The van der Waals surface area contributed by atoms with Gasteiger partial charge in [-0.25, -0.2) is 0 Å². The van der Waals surface area contributed by atoms with Crippen molar-refractivity contribution in [2.24, 2.45) is 0 Å². The standard InChI is InChI=1S/C35H34N2S3/c1-35(2)33(37(22-6-7-23-38)29-17-12-24-8-4-5-9-28(24)34(29)35)21-16-27-15-18-31(39-27)32-20-19-30(40-32)25-10-13-26(36-3)14-11-25/h4-5,8-21,38H,6-7,22-23H2,1-3H3/p+1. The van der Waals surface area contributed by atoms with Crippen molar-refractivity contribution in [1.29, 1.82) is 0 Å². The highest BCUT2D eigenvalue weighted by atomic mass is 32.1. The zero-order valence-corrected chi connectivity index (χ0v) is 25.8. The van der Waals surface area contributed by atoms with Crippen LogP contribution in [0.25, 0.3) is 37.0 Å². The Balaban J connectivity index is 1.30. The van der Waals surface area contributed by atoms with Crippen LogP contribution in [0.3, 0.4) is 0 Å². The minimum Gasteiger partial charge on any atom is -0.388 e. The lowest BCUT2D eigenvalue weighted by molar-refractivity contribution is -0.438. The lowest BCUT2D eigenvalue weighted by Gasteiger charge is -2.17. The topological polar surface area (TPSA) is 15.0 Å². The Morgan fingerprint density at radius 3 is 2.35 bits per heavy atom. The van der Waals surface area contributed by atoms with Gasteiger partial charge in [-0.3, -0.25) is 0 Å². The van der Waals surface area contributed by atoms with Gasteiger partial charge in [0.05, 0.1) is 5.41 Å². The van der Waals surface area contributed by atoms with Gasteiger partial charge in [-0.15, -0.1) is 22.7 Å². The van der Waals surface area contributed by atoms with E-state index in [1.54, 1.807) is 0 Å². The van der Waals surface area contributed by atoms with E-state index >= 15 is 0 Å². The quantitative estimate of drug-likeness (QED) is 0.101. The number of allylic oxidation sites excluding steroid dienone is 1. The molecule has 0 spiro atoms. The maximum absolute atomic E-state index is 4.47. The van der Waals surface area contributed by atoms with E-state index in [1.165, 1.54) is 52.8 Å². The molecular weight excluding hydrogens is 545 g/mol. The summed E-state index contributed by atoms with van der Waals surface area (Å²) in [5, 5.41) is 5.87. The van der Waals surface area contributed by atoms with E-state index in [9.17, 15) is 0 Å². The average Bonchev–Trinajstić information content (AvgIpc) is 3.70. The first-order valence-corrected chi connectivity index (χ1v) is 16.2. The number of nitrogens with zero attached hydrogens (tertiary/aromatic N) is 1. The SMILES string of the molecule is CNc1ccc(-c2ccc(-c3ccc(/C=C/C4=[N+](CCCCS)c5ccc6ccccc6c5C4(C)C)s3)s2)cc1. The van der Waals surface area contributed by atoms with Crippen LogP contribution in [-0.4, -0.2) is 29.6 Å². The molecule has 3 aromatic carbocycles. The van der Waals surface area contributed by atoms with Gasteiger partial charge in [-0.1, -0.05) is 36.4 Å². The maximum atomic E-state index is 4.47. The average molecular weight is 580 g/mol. The van der Waals surface area contributed by atoms with Crippen LogP contribution in [0.5, 0.6) is 0 Å². The van der Waals surface area contributed by atoms with E-state index in [4.69, 9.17) is 0 Å². The minimum absolute atomic E-state index is 0.0841. The fourth-order valence-electron chi connectivity index (χ4n) is 5.82. The summed E-state index contributed by atoms with van der Waals surface area (Å²) in [7, 11) is 1.95. The Bertz CT molecular complexity index is 1720. The van der Waals surface area contributed by atoms with Crippen LogP contribution in [0.2, 0.25) is 0 Å². The van der Waals surface area contributed by atoms with Crippen LogP contribution in [0.15, 0.2) is 91.0 Å². The van der Waals surface area contributed by atoms with Crippen molar-refractivity contribution in [3.63, 3.8) is 0 Å². The van der Waals surface area contributed by atoms with Crippen LogP contribution in [0.4, 0.5) is 11.4 Å². The Morgan fingerprint density at radius 1 is 0.800 bits per heavy atom. The van der Waals surface area contributed by atoms with Crippen LogP contribution in [0.1, 0.15) is 37.1 Å². The predicted octanol–water partition coefficient (Wildman–Crippen LogP) is 10.1. The monoisotopic (exact) mass is 579 g/mol. The van der Waals surface area contributed by atoms with Crippen molar-refractivity contribution < 1.29 is 4.58 Å². The summed E-state index contributed by atoms with van der Waals surface area (Å²) in [6.07, 6.45) is 6.94. The second kappa shape index (κ2) is 11.4. The van der Waals surface area contributed by atoms with Crippen molar-refractivity contribution in [3.8, 4) is 20.2 Å². The van der Waals surface area contributed by atoms with E-state index in [0.29, 0.717) is 0 Å². The van der Waals surface area contributed by atoms with E-state index < -0.39 is 0 Å². The fraction of sp³-hybridized carbons (Fsp3) is 0.229. The third kappa shape index (κ3) is 5.07. The Labute approximate surface area is 251 Å². The number of unbranched alkanes of at least 4 members (excludes halogenated alkanes) is 1. The highest BCUT2D eigenvalue weighted by molar-refractivity contribution is 7.80. The molecule has 0 atom stereocenters. The molecule has 0 saturated carbocycles. The third-order valence-electron chi connectivity index (χ3n) is 7.88. The molecule has 40 heavy (non-hydrogen) atoms. The summed E-state index contributed by atoms with van der Waals surface area (Å²) in [5.74, 6) is 0.927. The molecule has 0 unspecified atom stereocenters. The molecule has 2 nitrogen and oxygen atoms in total. The molecule has 3 heterocycles. The van der Waals surface area contributed by atoms with Crippen molar-refractivity contribution in [2.45, 2.75) is 32.1 Å². The maximum Gasteiger partial charge on any atom is 0.210 e. The van der Waals surface area contributed by atoms with E-state index in [-0.39, 0.29) is 5.41 Å². The van der Waals surface area contributed by atoms with Crippen molar-refractivity contribution >= 4 is 69.2 Å². The van der Waals surface area contributed by atoms with Crippen molar-refractivity contribution in [3.05, 3.63) is 101 Å². The first-order chi connectivity index (χ1) is 19.5. The molecule has 5 aromatic rings. The number of thiophene rings is 2. The van der Waals surface area contributed by atoms with Crippen LogP contribution in [0, 0.1) is 0 Å². The van der Waals surface area contributed by atoms with Gasteiger partial charge in [0.25, 0.3) is 0 Å². The van der Waals surface area contributed by atoms with E-state index in [2.05, 4.69) is 133 Å². The molecule has 1 N–H and O–H groups in total. The molecule has 5 heteroatoms. The Morgan fingerprint density at radius 2 is 1.55 bits per heavy atom. The number of rotatable bonds is 9. The number of hydrogen-bond acceptors (Lipinski definition) is 4. The molecule has 0 bridgehead atoms. The van der Waals surface area contributed by atoms with Gasteiger partial charge in [0.15, 0.2) is 5.71 Å². The minimum atomic E-state index is -0.0841. The molecule has 2 aromatic heterocycles. The first-order valence-electron chi connectivity index (χ1n) is 13.9.